The standard InChI is InChI=1S/C24H23N3O/c1-17(2)18-7-9-21(10-8-18)26-24(28)22-6-4-3-5-20(22)16-27-14-12-19-15-25-13-11-23(19)27/h3-15,17H,16H2,1-2H3,(H,26,28). The van der Waals surface area contributed by atoms with Crippen LogP contribution in [0.5, 0.6) is 0 Å². The first-order valence-corrected chi connectivity index (χ1v) is 9.50. The molecule has 4 aromatic rings. The summed E-state index contributed by atoms with van der Waals surface area (Å²) in [4.78, 5) is 17.1. The molecule has 1 amide bonds. The quantitative estimate of drug-likeness (QED) is 0.508. The number of amides is 1. The van der Waals surface area contributed by atoms with Crippen LogP contribution in [0.15, 0.2) is 79.3 Å². The smallest absolute Gasteiger partial charge is 0.256 e. The van der Waals surface area contributed by atoms with E-state index in [1.807, 2.05) is 60.9 Å². The van der Waals surface area contributed by atoms with Gasteiger partial charge in [0.15, 0.2) is 0 Å². The van der Waals surface area contributed by atoms with Crippen molar-refractivity contribution in [2.24, 2.45) is 0 Å². The van der Waals surface area contributed by atoms with E-state index in [4.69, 9.17) is 0 Å². The highest BCUT2D eigenvalue weighted by Gasteiger charge is 2.13. The molecule has 2 aromatic carbocycles. The Hall–Kier alpha value is -3.40. The van der Waals surface area contributed by atoms with E-state index < -0.39 is 0 Å². The van der Waals surface area contributed by atoms with Gasteiger partial charge in [-0.05, 0) is 47.4 Å². The molecule has 0 unspecified atom stereocenters. The van der Waals surface area contributed by atoms with Gasteiger partial charge in [0.1, 0.15) is 0 Å². The number of pyridine rings is 1. The van der Waals surface area contributed by atoms with Gasteiger partial charge in [0.2, 0.25) is 0 Å². The molecule has 0 aliphatic carbocycles. The number of carbonyl (C=O) groups excluding carboxylic acids is 1. The van der Waals surface area contributed by atoms with Crippen LogP contribution in [-0.4, -0.2) is 15.5 Å². The molecule has 4 heteroatoms. The number of hydrogen-bond donors (Lipinski definition) is 1. The zero-order valence-electron chi connectivity index (χ0n) is 16.1. The molecule has 0 saturated carbocycles. The Balaban J connectivity index is 1.57. The van der Waals surface area contributed by atoms with E-state index in [2.05, 4.69) is 40.8 Å². The van der Waals surface area contributed by atoms with E-state index in [0.29, 0.717) is 18.0 Å². The van der Waals surface area contributed by atoms with Crippen molar-refractivity contribution in [3.8, 4) is 0 Å². The Labute approximate surface area is 164 Å². The van der Waals surface area contributed by atoms with Crippen molar-refractivity contribution in [2.45, 2.75) is 26.3 Å². The minimum absolute atomic E-state index is 0.0916. The average Bonchev–Trinajstić information content (AvgIpc) is 3.12. The van der Waals surface area contributed by atoms with Gasteiger partial charge < -0.3 is 9.88 Å². The van der Waals surface area contributed by atoms with Crippen molar-refractivity contribution in [2.75, 3.05) is 5.32 Å². The first-order chi connectivity index (χ1) is 13.6. The summed E-state index contributed by atoms with van der Waals surface area (Å²) >= 11 is 0. The lowest BCUT2D eigenvalue weighted by atomic mass is 10.0. The maximum absolute atomic E-state index is 12.9. The van der Waals surface area contributed by atoms with Crippen LogP contribution >= 0.6 is 0 Å². The molecule has 4 nitrogen and oxygen atoms in total. The Morgan fingerprint density at radius 2 is 1.82 bits per heavy atom. The summed E-state index contributed by atoms with van der Waals surface area (Å²) in [6, 6.07) is 19.8. The second-order valence-corrected chi connectivity index (χ2v) is 7.27. The van der Waals surface area contributed by atoms with Crippen LogP contribution in [0.25, 0.3) is 10.9 Å². The Kier molecular flexibility index (Phi) is 4.94. The van der Waals surface area contributed by atoms with Crippen molar-refractivity contribution in [3.63, 3.8) is 0 Å². The minimum atomic E-state index is -0.0916. The summed E-state index contributed by atoms with van der Waals surface area (Å²) in [5, 5.41) is 4.12. The van der Waals surface area contributed by atoms with E-state index in [9.17, 15) is 4.79 Å². The third kappa shape index (κ3) is 3.67. The van der Waals surface area contributed by atoms with Crippen molar-refractivity contribution in [3.05, 3.63) is 95.9 Å². The van der Waals surface area contributed by atoms with Gasteiger partial charge >= 0.3 is 0 Å². The zero-order valence-corrected chi connectivity index (χ0v) is 16.1. The van der Waals surface area contributed by atoms with Crippen LogP contribution in [-0.2, 0) is 6.54 Å². The second kappa shape index (κ2) is 7.69. The van der Waals surface area contributed by atoms with Gasteiger partial charge in [0.05, 0.1) is 5.52 Å². The van der Waals surface area contributed by atoms with Gasteiger partial charge in [-0.25, -0.2) is 0 Å². The fraction of sp³-hybridized carbons (Fsp3) is 0.167. The molecular formula is C24H23N3O. The lowest BCUT2D eigenvalue weighted by Gasteiger charge is -2.12. The zero-order chi connectivity index (χ0) is 19.5. The number of nitrogens with one attached hydrogen (secondary N) is 1. The highest BCUT2D eigenvalue weighted by atomic mass is 16.1. The molecule has 0 spiro atoms. The topological polar surface area (TPSA) is 46.9 Å². The number of rotatable bonds is 5. The van der Waals surface area contributed by atoms with Crippen molar-refractivity contribution in [1.29, 1.82) is 0 Å². The Morgan fingerprint density at radius 1 is 1.04 bits per heavy atom. The van der Waals surface area contributed by atoms with Crippen LogP contribution in [0.3, 0.4) is 0 Å². The lowest BCUT2D eigenvalue weighted by molar-refractivity contribution is 0.102. The normalized spacial score (nSPS) is 11.1. The highest BCUT2D eigenvalue weighted by molar-refractivity contribution is 6.05. The molecule has 0 fully saturated rings. The predicted octanol–water partition coefficient (Wildman–Crippen LogP) is 5.46. The van der Waals surface area contributed by atoms with Gasteiger partial charge in [-0.15, -0.1) is 0 Å². The fourth-order valence-electron chi connectivity index (χ4n) is 3.39. The molecule has 4 rings (SSSR count). The molecule has 1 N–H and O–H groups in total. The van der Waals surface area contributed by atoms with Gasteiger partial charge in [0.25, 0.3) is 5.91 Å². The van der Waals surface area contributed by atoms with Crippen molar-refractivity contribution >= 4 is 22.5 Å². The molecule has 28 heavy (non-hydrogen) atoms. The third-order valence-electron chi connectivity index (χ3n) is 5.01. The summed E-state index contributed by atoms with van der Waals surface area (Å²) in [7, 11) is 0. The van der Waals surface area contributed by atoms with Crippen LogP contribution < -0.4 is 5.32 Å². The molecular weight excluding hydrogens is 346 g/mol. The number of fused-ring (bicyclic) bond motifs is 1. The number of benzene rings is 2. The first kappa shape index (κ1) is 18.0. The highest BCUT2D eigenvalue weighted by Crippen LogP contribution is 2.20. The molecule has 0 atom stereocenters. The first-order valence-electron chi connectivity index (χ1n) is 9.50. The van der Waals surface area contributed by atoms with E-state index in [0.717, 1.165) is 22.2 Å². The average molecular weight is 369 g/mol. The molecule has 0 aliphatic heterocycles. The van der Waals surface area contributed by atoms with Crippen LogP contribution in [0.4, 0.5) is 5.69 Å². The maximum atomic E-state index is 12.9. The Morgan fingerprint density at radius 3 is 2.61 bits per heavy atom. The van der Waals surface area contributed by atoms with Crippen LogP contribution in [0.2, 0.25) is 0 Å². The number of anilines is 1. The molecule has 0 bridgehead atoms. The number of nitrogens with zero attached hydrogens (tertiary/aromatic N) is 2. The largest absolute Gasteiger partial charge is 0.343 e. The maximum Gasteiger partial charge on any atom is 0.256 e. The summed E-state index contributed by atoms with van der Waals surface area (Å²) < 4.78 is 2.14. The minimum Gasteiger partial charge on any atom is -0.343 e. The summed E-state index contributed by atoms with van der Waals surface area (Å²) in [5.74, 6) is 0.378. The van der Waals surface area contributed by atoms with Crippen molar-refractivity contribution < 1.29 is 4.79 Å². The SMILES string of the molecule is CC(C)c1ccc(NC(=O)c2ccccc2Cn2ccc3cnccc32)cc1. The predicted molar refractivity (Wildman–Crippen MR) is 114 cm³/mol. The molecule has 2 aromatic heterocycles. The second-order valence-electron chi connectivity index (χ2n) is 7.27. The number of carbonyl (C=O) groups is 1. The van der Waals surface area contributed by atoms with Gasteiger partial charge in [-0.1, -0.05) is 44.2 Å². The summed E-state index contributed by atoms with van der Waals surface area (Å²) in [6.45, 7) is 4.94. The lowest BCUT2D eigenvalue weighted by Crippen LogP contribution is -2.15. The molecule has 0 radical (unpaired) electrons. The molecule has 2 heterocycles. The number of hydrogen-bond acceptors (Lipinski definition) is 2. The van der Waals surface area contributed by atoms with Crippen molar-refractivity contribution in [1.82, 2.24) is 9.55 Å². The molecule has 0 aliphatic rings. The fourth-order valence-corrected chi connectivity index (χ4v) is 3.39. The Bertz CT molecular complexity index is 1110. The number of aromatic nitrogens is 2. The van der Waals surface area contributed by atoms with Crippen LogP contribution in [0.1, 0.15) is 41.3 Å². The summed E-state index contributed by atoms with van der Waals surface area (Å²) in [5.41, 5.74) is 4.84. The van der Waals surface area contributed by atoms with Gasteiger partial charge in [0, 0.05) is 41.8 Å². The van der Waals surface area contributed by atoms with E-state index in [1.54, 1.807) is 6.20 Å². The van der Waals surface area contributed by atoms with Gasteiger partial charge in [-0.3, -0.25) is 9.78 Å². The van der Waals surface area contributed by atoms with Crippen LogP contribution in [0, 0.1) is 0 Å². The molecule has 0 saturated heterocycles. The summed E-state index contributed by atoms with van der Waals surface area (Å²) in [6.07, 6.45) is 5.68. The van der Waals surface area contributed by atoms with Gasteiger partial charge in [-0.2, -0.15) is 0 Å². The van der Waals surface area contributed by atoms with E-state index in [1.165, 1.54) is 5.56 Å². The third-order valence-corrected chi connectivity index (χ3v) is 5.01. The molecule has 140 valence electrons. The van der Waals surface area contributed by atoms with E-state index >= 15 is 0 Å². The monoisotopic (exact) mass is 369 g/mol. The van der Waals surface area contributed by atoms with E-state index in [-0.39, 0.29) is 5.91 Å².